The van der Waals surface area contributed by atoms with Crippen LogP contribution in [0.5, 0.6) is 0 Å². The lowest BCUT2D eigenvalue weighted by Gasteiger charge is -2.37. The molecule has 2 aliphatic heterocycles. The minimum Gasteiger partial charge on any atom is -0.340 e. The number of rotatable bonds is 4. The number of fused-ring (bicyclic) bond motifs is 1. The first-order valence-corrected chi connectivity index (χ1v) is 13.9. The summed E-state index contributed by atoms with van der Waals surface area (Å²) >= 11 is 14.0. The number of hydrogen-bond acceptors (Lipinski definition) is 4. The Hall–Kier alpha value is -2.65. The molecule has 1 fully saturated rings. The predicted octanol–water partition coefficient (Wildman–Crippen LogP) is 5.91. The van der Waals surface area contributed by atoms with E-state index in [-0.39, 0.29) is 30.3 Å². The first-order chi connectivity index (χ1) is 17.9. The monoisotopic (exact) mass is 560 g/mol. The van der Waals surface area contributed by atoms with E-state index in [1.807, 2.05) is 11.0 Å². The molecule has 6 nitrogen and oxygen atoms in total. The summed E-state index contributed by atoms with van der Waals surface area (Å²) in [4.78, 5) is 33.2. The molecule has 0 saturated carbocycles. The summed E-state index contributed by atoms with van der Waals surface area (Å²) in [6.45, 7) is 2.92. The summed E-state index contributed by atoms with van der Waals surface area (Å²) in [6.07, 6.45) is 1.54. The molecule has 1 aromatic heterocycles. The van der Waals surface area contributed by atoms with Crippen LogP contribution in [-0.4, -0.2) is 65.9 Å². The van der Waals surface area contributed by atoms with Crippen molar-refractivity contribution in [3.8, 4) is 0 Å². The van der Waals surface area contributed by atoms with Crippen LogP contribution in [0.2, 0.25) is 10.0 Å². The molecule has 0 bridgehead atoms. The summed E-state index contributed by atoms with van der Waals surface area (Å²) in [7, 11) is 0. The fourth-order valence-corrected chi connectivity index (χ4v) is 6.30. The van der Waals surface area contributed by atoms with Crippen molar-refractivity contribution in [3.05, 3.63) is 85.8 Å². The Bertz CT molecular complexity index is 1300. The van der Waals surface area contributed by atoms with Gasteiger partial charge in [0.1, 0.15) is 5.82 Å². The third-order valence-corrected chi connectivity index (χ3v) is 8.71. The molecule has 0 spiro atoms. The second-order valence-electron chi connectivity index (χ2n) is 9.23. The van der Waals surface area contributed by atoms with Crippen LogP contribution in [0.25, 0.3) is 0 Å². The van der Waals surface area contributed by atoms with E-state index >= 15 is 0 Å². The van der Waals surface area contributed by atoms with Crippen LogP contribution in [0.1, 0.15) is 28.5 Å². The third-order valence-electron chi connectivity index (χ3n) is 6.90. The normalized spacial score (nSPS) is 18.3. The van der Waals surface area contributed by atoms with Gasteiger partial charge in [-0.2, -0.15) is 0 Å². The predicted molar refractivity (Wildman–Crippen MR) is 146 cm³/mol. The number of amides is 3. The van der Waals surface area contributed by atoms with Gasteiger partial charge in [-0.05, 0) is 59.7 Å². The van der Waals surface area contributed by atoms with Crippen LogP contribution in [0, 0.1) is 5.82 Å². The van der Waals surface area contributed by atoms with Gasteiger partial charge in [0.15, 0.2) is 0 Å². The zero-order valence-electron chi connectivity index (χ0n) is 20.1. The van der Waals surface area contributed by atoms with Crippen LogP contribution in [0.4, 0.5) is 14.9 Å². The second kappa shape index (κ2) is 11.4. The van der Waals surface area contributed by atoms with Gasteiger partial charge in [0.05, 0.1) is 28.3 Å². The average molecular weight is 562 g/mol. The maximum atomic E-state index is 14.1. The fraction of sp³-hybridized carbons (Fsp3) is 0.333. The van der Waals surface area contributed by atoms with Crippen molar-refractivity contribution in [2.45, 2.75) is 18.9 Å². The first kappa shape index (κ1) is 26.0. The van der Waals surface area contributed by atoms with Crippen molar-refractivity contribution in [1.29, 1.82) is 0 Å². The Morgan fingerprint density at radius 1 is 1.00 bits per heavy atom. The number of thiophene rings is 1. The van der Waals surface area contributed by atoms with E-state index in [1.54, 1.807) is 46.6 Å². The standard InChI is InChI=1S/C27H27Cl2FN4O2S/c28-21-6-2-7-22(25(21)29)31-27(36)33-11-3-10-32(13-14-33)24(35)17-34-12-8-23-20(9-15-37-23)26(34)18-4-1-5-19(30)16-18/h1-2,4-7,9,15-16,26H,3,8,10-14,17H2,(H,31,36). The molecule has 0 radical (unpaired) electrons. The maximum absolute atomic E-state index is 14.1. The largest absolute Gasteiger partial charge is 0.340 e. The molecule has 10 heteroatoms. The first-order valence-electron chi connectivity index (χ1n) is 12.2. The van der Waals surface area contributed by atoms with E-state index < -0.39 is 0 Å². The molecule has 37 heavy (non-hydrogen) atoms. The molecule has 194 valence electrons. The molecule has 0 aliphatic carbocycles. The zero-order chi connectivity index (χ0) is 25.9. The van der Waals surface area contributed by atoms with Crippen molar-refractivity contribution in [2.75, 3.05) is 44.6 Å². The molecule has 1 saturated heterocycles. The van der Waals surface area contributed by atoms with Gasteiger partial charge in [-0.15, -0.1) is 11.3 Å². The van der Waals surface area contributed by atoms with Crippen molar-refractivity contribution >= 4 is 52.2 Å². The smallest absolute Gasteiger partial charge is 0.321 e. The van der Waals surface area contributed by atoms with E-state index in [1.165, 1.54) is 10.9 Å². The average Bonchev–Trinajstić information content (AvgIpc) is 3.21. The molecule has 1 atom stereocenters. The molecular formula is C27H27Cl2FN4O2S. The van der Waals surface area contributed by atoms with Gasteiger partial charge in [0.25, 0.3) is 0 Å². The lowest BCUT2D eigenvalue weighted by molar-refractivity contribution is -0.132. The number of carbonyl (C=O) groups is 2. The Morgan fingerprint density at radius 2 is 1.78 bits per heavy atom. The van der Waals surface area contributed by atoms with Crippen LogP contribution >= 0.6 is 34.5 Å². The molecule has 3 aromatic rings. The van der Waals surface area contributed by atoms with E-state index in [4.69, 9.17) is 23.2 Å². The lowest BCUT2D eigenvalue weighted by Crippen LogP contribution is -2.45. The molecule has 1 N–H and O–H groups in total. The zero-order valence-corrected chi connectivity index (χ0v) is 22.5. The van der Waals surface area contributed by atoms with Gasteiger partial charge in [-0.1, -0.05) is 41.4 Å². The summed E-state index contributed by atoms with van der Waals surface area (Å²) < 4.78 is 14.1. The number of urea groups is 1. The fourth-order valence-electron chi connectivity index (χ4n) is 5.04. The van der Waals surface area contributed by atoms with Crippen LogP contribution in [0.3, 0.4) is 0 Å². The molecule has 2 aliphatic rings. The van der Waals surface area contributed by atoms with E-state index in [9.17, 15) is 14.0 Å². The second-order valence-corrected chi connectivity index (χ2v) is 11.0. The third kappa shape index (κ3) is 5.77. The summed E-state index contributed by atoms with van der Waals surface area (Å²) in [5.41, 5.74) is 2.45. The number of carbonyl (C=O) groups excluding carboxylic acids is 2. The summed E-state index contributed by atoms with van der Waals surface area (Å²) in [6, 6.07) is 13.4. The topological polar surface area (TPSA) is 55.9 Å². The minimum absolute atomic E-state index is 0.0141. The van der Waals surface area contributed by atoms with Crippen molar-refractivity contribution in [2.24, 2.45) is 0 Å². The summed E-state index contributed by atoms with van der Waals surface area (Å²) in [5, 5.41) is 5.56. The van der Waals surface area contributed by atoms with E-state index in [2.05, 4.69) is 21.7 Å². The van der Waals surface area contributed by atoms with E-state index in [0.29, 0.717) is 48.3 Å². The van der Waals surface area contributed by atoms with Gasteiger partial charge in [-0.25, -0.2) is 9.18 Å². The highest BCUT2D eigenvalue weighted by atomic mass is 35.5. The lowest BCUT2D eigenvalue weighted by atomic mass is 9.93. The number of nitrogens with zero attached hydrogens (tertiary/aromatic N) is 3. The molecule has 3 amide bonds. The number of nitrogens with one attached hydrogen (secondary N) is 1. The number of halogens is 3. The Kier molecular flexibility index (Phi) is 8.00. The Labute approximate surface area is 229 Å². The van der Waals surface area contributed by atoms with Crippen molar-refractivity contribution in [3.63, 3.8) is 0 Å². The van der Waals surface area contributed by atoms with E-state index in [0.717, 1.165) is 24.1 Å². The Balaban J connectivity index is 1.24. The highest BCUT2D eigenvalue weighted by Gasteiger charge is 2.32. The number of benzene rings is 2. The van der Waals surface area contributed by atoms with Crippen molar-refractivity contribution < 1.29 is 14.0 Å². The van der Waals surface area contributed by atoms with Crippen molar-refractivity contribution in [1.82, 2.24) is 14.7 Å². The SMILES string of the molecule is O=C(CN1CCc2sccc2C1c1cccc(F)c1)N1CCCN(C(=O)Nc2cccc(Cl)c2Cl)CC1. The maximum Gasteiger partial charge on any atom is 0.321 e. The van der Waals surface area contributed by atoms with Gasteiger partial charge < -0.3 is 15.1 Å². The number of hydrogen-bond donors (Lipinski definition) is 1. The quantitative estimate of drug-likeness (QED) is 0.431. The molecule has 5 rings (SSSR count). The van der Waals surface area contributed by atoms with Gasteiger partial charge in [0.2, 0.25) is 5.91 Å². The number of anilines is 1. The summed E-state index contributed by atoms with van der Waals surface area (Å²) in [5.74, 6) is -0.267. The Morgan fingerprint density at radius 3 is 2.62 bits per heavy atom. The molecule has 1 unspecified atom stereocenters. The van der Waals surface area contributed by atoms with Crippen LogP contribution in [0.15, 0.2) is 53.9 Å². The highest BCUT2D eigenvalue weighted by Crippen LogP contribution is 2.38. The molecular weight excluding hydrogens is 534 g/mol. The van der Waals surface area contributed by atoms with Crippen LogP contribution in [-0.2, 0) is 11.2 Å². The highest BCUT2D eigenvalue weighted by molar-refractivity contribution is 7.10. The molecule has 2 aromatic carbocycles. The van der Waals surface area contributed by atoms with Crippen LogP contribution < -0.4 is 5.32 Å². The van der Waals surface area contributed by atoms with Gasteiger partial charge >= 0.3 is 6.03 Å². The van der Waals surface area contributed by atoms with Gasteiger partial charge in [0, 0.05) is 37.6 Å². The molecule has 3 heterocycles. The van der Waals surface area contributed by atoms with Gasteiger partial charge in [-0.3, -0.25) is 9.69 Å². The minimum atomic E-state index is -0.281.